The van der Waals surface area contributed by atoms with Crippen LogP contribution in [0.3, 0.4) is 0 Å². The largest absolute Gasteiger partial charge is 0.497 e. The van der Waals surface area contributed by atoms with Gasteiger partial charge in [-0.1, -0.05) is 0 Å². The number of nitrogens with zero attached hydrogens (tertiary/aromatic N) is 1. The zero-order valence-electron chi connectivity index (χ0n) is 15.2. The molecule has 0 fully saturated rings. The number of benzene rings is 1. The third-order valence-corrected chi connectivity index (χ3v) is 4.39. The van der Waals surface area contributed by atoms with Crippen LogP contribution in [0, 0.1) is 0 Å². The second kappa shape index (κ2) is 8.87. The van der Waals surface area contributed by atoms with Gasteiger partial charge in [-0.05, 0) is 28.1 Å². The van der Waals surface area contributed by atoms with Gasteiger partial charge >= 0.3 is 17.9 Å². The minimum atomic E-state index is -0.780. The Bertz CT molecular complexity index is 804. The van der Waals surface area contributed by atoms with E-state index in [1.54, 1.807) is 6.07 Å². The zero-order valence-corrected chi connectivity index (χ0v) is 16.7. The minimum Gasteiger partial charge on any atom is -0.497 e. The summed E-state index contributed by atoms with van der Waals surface area (Å²) in [6.07, 6.45) is 0. The average molecular weight is 444 g/mol. The summed E-state index contributed by atoms with van der Waals surface area (Å²) < 4.78 is 25.4. The van der Waals surface area contributed by atoms with Crippen molar-refractivity contribution in [2.75, 3.05) is 46.7 Å². The van der Waals surface area contributed by atoms with Gasteiger partial charge in [0.05, 0.1) is 51.9 Å². The van der Waals surface area contributed by atoms with Crippen LogP contribution in [-0.2, 0) is 28.5 Å². The van der Waals surface area contributed by atoms with E-state index in [0.717, 1.165) is 0 Å². The molecule has 10 heteroatoms. The van der Waals surface area contributed by atoms with Gasteiger partial charge in [-0.25, -0.2) is 14.4 Å². The topological polar surface area (TPSA) is 101 Å². The van der Waals surface area contributed by atoms with Gasteiger partial charge in [-0.15, -0.1) is 0 Å². The second-order valence-electron chi connectivity index (χ2n) is 5.21. The molecular formula is C17H18BrNO8. The lowest BCUT2D eigenvalue weighted by Crippen LogP contribution is -2.39. The number of ether oxygens (including phenoxy) is 5. The number of hydrogen-bond acceptors (Lipinski definition) is 9. The van der Waals surface area contributed by atoms with Crippen molar-refractivity contribution in [2.45, 2.75) is 0 Å². The van der Waals surface area contributed by atoms with Gasteiger partial charge in [0.15, 0.2) is 0 Å². The van der Waals surface area contributed by atoms with Gasteiger partial charge in [0.2, 0.25) is 0 Å². The number of carbonyl (C=O) groups excluding carboxylic acids is 3. The van der Waals surface area contributed by atoms with Gasteiger partial charge in [-0.3, -0.25) is 0 Å². The third-order valence-electron chi connectivity index (χ3n) is 3.78. The Morgan fingerprint density at radius 2 is 1.63 bits per heavy atom. The first-order valence-corrected chi connectivity index (χ1v) is 8.39. The summed E-state index contributed by atoms with van der Waals surface area (Å²) >= 11 is 3.37. The molecule has 0 radical (unpaired) electrons. The number of esters is 3. The summed E-state index contributed by atoms with van der Waals surface area (Å²) in [7, 11) is 5.04. The maximum atomic E-state index is 12.4. The lowest BCUT2D eigenvalue weighted by atomic mass is 10.1. The fourth-order valence-electron chi connectivity index (χ4n) is 2.55. The third kappa shape index (κ3) is 4.06. The van der Waals surface area contributed by atoms with Crippen LogP contribution in [0.2, 0.25) is 0 Å². The first-order valence-electron chi connectivity index (χ1n) is 7.60. The van der Waals surface area contributed by atoms with Gasteiger partial charge in [-0.2, -0.15) is 0 Å². The van der Waals surface area contributed by atoms with Gasteiger partial charge in [0.25, 0.3) is 0 Å². The summed E-state index contributed by atoms with van der Waals surface area (Å²) in [5, 5.41) is 0. The highest BCUT2D eigenvalue weighted by Gasteiger charge is 2.35. The molecule has 0 spiro atoms. The smallest absolute Gasteiger partial charge is 0.355 e. The minimum absolute atomic E-state index is 0.0332. The van der Waals surface area contributed by atoms with E-state index in [1.165, 1.54) is 39.4 Å². The summed E-state index contributed by atoms with van der Waals surface area (Å²) in [5.41, 5.74) is 0.227. The van der Waals surface area contributed by atoms with Gasteiger partial charge < -0.3 is 28.6 Å². The Kier molecular flexibility index (Phi) is 6.81. The Morgan fingerprint density at radius 1 is 1.00 bits per heavy atom. The number of carbonyl (C=O) groups is 3. The van der Waals surface area contributed by atoms with Crippen LogP contribution in [-0.4, -0.2) is 59.7 Å². The number of anilines is 1. The Labute approximate surface area is 163 Å². The molecule has 1 aliphatic rings. The SMILES string of the molecule is COC(=O)C1=C(C(=O)OC)N(c2c(Br)cc(OC)cc2C(=O)OC)COC1. The van der Waals surface area contributed by atoms with Crippen molar-refractivity contribution in [1.82, 2.24) is 0 Å². The summed E-state index contributed by atoms with van der Waals surface area (Å²) in [5.74, 6) is -1.80. The standard InChI is InChI=1S/C17H18BrNO8/c1-23-9-5-10(15(20)24-2)13(12(18)6-9)19-8-27-7-11(16(21)25-3)14(19)17(22)26-4/h5-6H,7-8H2,1-4H3. The van der Waals surface area contributed by atoms with Crippen molar-refractivity contribution in [1.29, 1.82) is 0 Å². The van der Waals surface area contributed by atoms with Crippen molar-refractivity contribution in [3.8, 4) is 5.75 Å². The molecular weight excluding hydrogens is 426 g/mol. The van der Waals surface area contributed by atoms with Crippen LogP contribution in [0.1, 0.15) is 10.4 Å². The maximum Gasteiger partial charge on any atom is 0.355 e. The summed E-state index contributed by atoms with van der Waals surface area (Å²) in [6, 6.07) is 3.05. The summed E-state index contributed by atoms with van der Waals surface area (Å²) in [4.78, 5) is 38.2. The highest BCUT2D eigenvalue weighted by molar-refractivity contribution is 9.10. The molecule has 146 valence electrons. The van der Waals surface area contributed by atoms with E-state index in [2.05, 4.69) is 15.9 Å². The molecule has 9 nitrogen and oxygen atoms in total. The average Bonchev–Trinajstić information content (AvgIpc) is 2.70. The monoisotopic (exact) mass is 443 g/mol. The molecule has 0 aliphatic carbocycles. The van der Waals surface area contributed by atoms with E-state index < -0.39 is 17.9 Å². The van der Waals surface area contributed by atoms with Crippen molar-refractivity contribution >= 4 is 39.5 Å². The van der Waals surface area contributed by atoms with Crippen LogP contribution in [0.5, 0.6) is 5.75 Å². The lowest BCUT2D eigenvalue weighted by molar-refractivity contribution is -0.140. The van der Waals surface area contributed by atoms with Crippen molar-refractivity contribution in [3.63, 3.8) is 0 Å². The van der Waals surface area contributed by atoms with Crippen LogP contribution < -0.4 is 9.64 Å². The van der Waals surface area contributed by atoms with E-state index in [4.69, 9.17) is 23.7 Å². The van der Waals surface area contributed by atoms with Gasteiger partial charge in [0.1, 0.15) is 18.2 Å². The Hall–Kier alpha value is -2.59. The second-order valence-corrected chi connectivity index (χ2v) is 6.07. The Morgan fingerprint density at radius 3 is 2.19 bits per heavy atom. The van der Waals surface area contributed by atoms with E-state index >= 15 is 0 Å². The molecule has 0 atom stereocenters. The molecule has 0 saturated carbocycles. The summed E-state index contributed by atoms with van der Waals surface area (Å²) in [6.45, 7) is -0.255. The molecule has 1 aromatic rings. The molecule has 0 amide bonds. The van der Waals surface area contributed by atoms with E-state index in [-0.39, 0.29) is 35.9 Å². The normalized spacial score (nSPS) is 13.9. The van der Waals surface area contributed by atoms with E-state index in [0.29, 0.717) is 10.2 Å². The van der Waals surface area contributed by atoms with Crippen LogP contribution in [0.25, 0.3) is 0 Å². The highest BCUT2D eigenvalue weighted by Crippen LogP contribution is 2.38. The molecule has 1 aromatic carbocycles. The first-order chi connectivity index (χ1) is 12.9. The molecule has 27 heavy (non-hydrogen) atoms. The maximum absolute atomic E-state index is 12.4. The van der Waals surface area contributed by atoms with Gasteiger partial charge in [0, 0.05) is 4.47 Å². The number of halogens is 1. The number of hydrogen-bond donors (Lipinski definition) is 0. The number of methoxy groups -OCH3 is 4. The van der Waals surface area contributed by atoms with Crippen LogP contribution >= 0.6 is 15.9 Å². The lowest BCUT2D eigenvalue weighted by Gasteiger charge is -2.33. The fraction of sp³-hybridized carbons (Fsp3) is 0.353. The first kappa shape index (κ1) is 20.7. The van der Waals surface area contributed by atoms with E-state index in [1.807, 2.05) is 0 Å². The molecule has 2 rings (SSSR count). The molecule has 1 heterocycles. The van der Waals surface area contributed by atoms with Crippen molar-refractivity contribution in [2.24, 2.45) is 0 Å². The van der Waals surface area contributed by atoms with Crippen molar-refractivity contribution in [3.05, 3.63) is 33.4 Å². The van der Waals surface area contributed by atoms with E-state index in [9.17, 15) is 14.4 Å². The molecule has 0 aromatic heterocycles. The fourth-order valence-corrected chi connectivity index (χ4v) is 3.21. The zero-order chi connectivity index (χ0) is 20.1. The quantitative estimate of drug-likeness (QED) is 0.496. The predicted octanol–water partition coefficient (Wildman–Crippen LogP) is 1.64. The molecule has 0 N–H and O–H groups in total. The van der Waals surface area contributed by atoms with Crippen molar-refractivity contribution < 1.29 is 38.1 Å². The molecule has 0 bridgehead atoms. The van der Waals surface area contributed by atoms with Crippen LogP contribution in [0.15, 0.2) is 27.9 Å². The molecule has 0 saturated heterocycles. The predicted molar refractivity (Wildman–Crippen MR) is 96.4 cm³/mol. The molecule has 1 aliphatic heterocycles. The number of rotatable bonds is 5. The Balaban J connectivity index is 2.76. The molecule has 0 unspecified atom stereocenters. The highest BCUT2D eigenvalue weighted by atomic mass is 79.9. The van der Waals surface area contributed by atoms with Crippen LogP contribution in [0.4, 0.5) is 5.69 Å².